The van der Waals surface area contributed by atoms with Crippen LogP contribution in [0.15, 0.2) is 47.4 Å². The zero-order chi connectivity index (χ0) is 22.0. The molecule has 31 heavy (non-hydrogen) atoms. The molecule has 0 unspecified atom stereocenters. The topological polar surface area (TPSA) is 90.5 Å². The van der Waals surface area contributed by atoms with Crippen molar-refractivity contribution in [2.24, 2.45) is 0 Å². The molecule has 2 heterocycles. The van der Waals surface area contributed by atoms with Crippen LogP contribution < -0.4 is 20.9 Å². The first kappa shape index (κ1) is 21.2. The highest BCUT2D eigenvalue weighted by molar-refractivity contribution is 7.99. The molecule has 8 heteroatoms. The summed E-state index contributed by atoms with van der Waals surface area (Å²) in [6, 6.07) is 12.9. The van der Waals surface area contributed by atoms with E-state index in [0.717, 1.165) is 29.2 Å². The SMILES string of the molecule is Cc1cc(N2CCCC2)ccc1NC(=O)c1ccccc1SC[C@@]1(C)NC(=O)NC1=O. The molecule has 4 rings (SSSR count). The van der Waals surface area contributed by atoms with Gasteiger partial charge in [0, 0.05) is 35.1 Å². The van der Waals surface area contributed by atoms with Crippen LogP contribution in [0, 0.1) is 6.92 Å². The summed E-state index contributed by atoms with van der Waals surface area (Å²) in [5.41, 5.74) is 2.51. The number of hydrogen-bond donors (Lipinski definition) is 3. The number of anilines is 2. The lowest BCUT2D eigenvalue weighted by atomic mass is 10.1. The molecule has 162 valence electrons. The van der Waals surface area contributed by atoms with Crippen LogP contribution in [0.25, 0.3) is 0 Å². The van der Waals surface area contributed by atoms with Crippen molar-refractivity contribution < 1.29 is 14.4 Å². The minimum absolute atomic E-state index is 0.204. The number of carbonyl (C=O) groups is 3. The van der Waals surface area contributed by atoms with E-state index >= 15 is 0 Å². The quantitative estimate of drug-likeness (QED) is 0.474. The van der Waals surface area contributed by atoms with E-state index in [1.165, 1.54) is 30.3 Å². The van der Waals surface area contributed by atoms with Gasteiger partial charge < -0.3 is 15.5 Å². The lowest BCUT2D eigenvalue weighted by Gasteiger charge is -2.21. The van der Waals surface area contributed by atoms with Crippen LogP contribution in [0.3, 0.4) is 0 Å². The van der Waals surface area contributed by atoms with Crippen LogP contribution in [0.4, 0.5) is 16.2 Å². The third-order valence-corrected chi connectivity index (χ3v) is 7.08. The Morgan fingerprint density at radius 3 is 2.58 bits per heavy atom. The van der Waals surface area contributed by atoms with Gasteiger partial charge in [0.2, 0.25) is 0 Å². The van der Waals surface area contributed by atoms with Gasteiger partial charge >= 0.3 is 6.03 Å². The third kappa shape index (κ3) is 4.54. The predicted molar refractivity (Wildman–Crippen MR) is 123 cm³/mol. The first-order chi connectivity index (χ1) is 14.9. The van der Waals surface area contributed by atoms with Crippen LogP contribution in [0.5, 0.6) is 0 Å². The van der Waals surface area contributed by atoms with E-state index in [-0.39, 0.29) is 11.8 Å². The van der Waals surface area contributed by atoms with Crippen molar-refractivity contribution in [3.8, 4) is 0 Å². The highest BCUT2D eigenvalue weighted by Gasteiger charge is 2.41. The summed E-state index contributed by atoms with van der Waals surface area (Å²) in [6.45, 7) is 5.83. The van der Waals surface area contributed by atoms with E-state index in [4.69, 9.17) is 0 Å². The van der Waals surface area contributed by atoms with E-state index in [2.05, 4.69) is 33.0 Å². The highest BCUT2D eigenvalue weighted by Crippen LogP contribution is 2.29. The number of aryl methyl sites for hydroxylation is 1. The molecular weight excluding hydrogens is 412 g/mol. The van der Waals surface area contributed by atoms with Crippen molar-refractivity contribution in [2.45, 2.75) is 37.1 Å². The Morgan fingerprint density at radius 2 is 1.90 bits per heavy atom. The highest BCUT2D eigenvalue weighted by atomic mass is 32.2. The van der Waals surface area contributed by atoms with Crippen LogP contribution in [0.2, 0.25) is 0 Å². The van der Waals surface area contributed by atoms with Crippen molar-refractivity contribution in [1.29, 1.82) is 0 Å². The van der Waals surface area contributed by atoms with Crippen molar-refractivity contribution in [2.75, 3.05) is 29.1 Å². The molecular formula is C23H26N4O3S. The summed E-state index contributed by atoms with van der Waals surface area (Å²) in [6.07, 6.45) is 2.44. The lowest BCUT2D eigenvalue weighted by Crippen LogP contribution is -2.46. The second kappa shape index (κ2) is 8.63. The Hall–Kier alpha value is -3.00. The Labute approximate surface area is 186 Å². The van der Waals surface area contributed by atoms with Gasteiger partial charge in [0.15, 0.2) is 0 Å². The monoisotopic (exact) mass is 438 g/mol. The van der Waals surface area contributed by atoms with Crippen molar-refractivity contribution >= 4 is 41.0 Å². The Morgan fingerprint density at radius 1 is 1.16 bits per heavy atom. The number of rotatable bonds is 6. The van der Waals surface area contributed by atoms with Crippen molar-refractivity contribution in [3.63, 3.8) is 0 Å². The number of nitrogens with zero attached hydrogens (tertiary/aromatic N) is 1. The molecule has 3 N–H and O–H groups in total. The largest absolute Gasteiger partial charge is 0.372 e. The van der Waals surface area contributed by atoms with Gasteiger partial charge in [0.1, 0.15) is 5.54 Å². The molecule has 0 aromatic heterocycles. The van der Waals surface area contributed by atoms with Gasteiger partial charge in [-0.1, -0.05) is 12.1 Å². The van der Waals surface area contributed by atoms with E-state index in [9.17, 15) is 14.4 Å². The summed E-state index contributed by atoms with van der Waals surface area (Å²) in [5.74, 6) is -0.246. The standard InChI is InChI=1S/C23H26N4O3S/c1-15-13-16(27-11-5-6-12-27)9-10-18(15)24-20(28)17-7-3-4-8-19(17)31-14-23(2)21(29)25-22(30)26-23/h3-4,7-10,13H,5-6,11-12,14H2,1-2H3,(H,24,28)(H2,25,26,29,30)/t23-/m1/s1. The van der Waals surface area contributed by atoms with E-state index in [1.54, 1.807) is 13.0 Å². The molecule has 0 radical (unpaired) electrons. The fraction of sp³-hybridized carbons (Fsp3) is 0.348. The van der Waals surface area contributed by atoms with E-state index in [1.807, 2.05) is 31.2 Å². The minimum Gasteiger partial charge on any atom is -0.372 e. The maximum atomic E-state index is 13.0. The molecule has 2 aliphatic heterocycles. The number of carbonyl (C=O) groups excluding carboxylic acids is 3. The average Bonchev–Trinajstić information content (AvgIpc) is 3.36. The fourth-order valence-electron chi connectivity index (χ4n) is 3.83. The lowest BCUT2D eigenvalue weighted by molar-refractivity contribution is -0.122. The number of thioether (sulfide) groups is 1. The minimum atomic E-state index is -1.01. The van der Waals surface area contributed by atoms with E-state index < -0.39 is 11.6 Å². The Bertz CT molecular complexity index is 1040. The maximum Gasteiger partial charge on any atom is 0.322 e. The molecule has 0 aliphatic carbocycles. The van der Waals surface area contributed by atoms with Gasteiger partial charge in [0.05, 0.1) is 5.56 Å². The maximum absolute atomic E-state index is 13.0. The molecule has 2 aromatic rings. The first-order valence-corrected chi connectivity index (χ1v) is 11.4. The molecule has 1 atom stereocenters. The van der Waals surface area contributed by atoms with Gasteiger partial charge in [-0.05, 0) is 62.6 Å². The Balaban J connectivity index is 1.47. The molecule has 0 bridgehead atoms. The second-order valence-electron chi connectivity index (χ2n) is 8.17. The smallest absolute Gasteiger partial charge is 0.322 e. The second-order valence-corrected chi connectivity index (χ2v) is 9.19. The van der Waals surface area contributed by atoms with Gasteiger partial charge in [0.25, 0.3) is 11.8 Å². The molecule has 7 nitrogen and oxygen atoms in total. The summed E-state index contributed by atoms with van der Waals surface area (Å²) in [4.78, 5) is 39.7. The first-order valence-electron chi connectivity index (χ1n) is 10.4. The van der Waals surface area contributed by atoms with Crippen molar-refractivity contribution in [3.05, 3.63) is 53.6 Å². The molecule has 0 saturated carbocycles. The summed E-state index contributed by atoms with van der Waals surface area (Å²) in [5, 5.41) is 7.93. The van der Waals surface area contributed by atoms with Gasteiger partial charge in [-0.25, -0.2) is 4.79 Å². The number of amides is 4. The number of benzene rings is 2. The molecule has 4 amide bonds. The third-order valence-electron chi connectivity index (χ3n) is 5.70. The van der Waals surface area contributed by atoms with Crippen LogP contribution in [-0.2, 0) is 4.79 Å². The van der Waals surface area contributed by atoms with Crippen molar-refractivity contribution in [1.82, 2.24) is 10.6 Å². The molecule has 2 saturated heterocycles. The van der Waals surface area contributed by atoms with Crippen LogP contribution in [0.1, 0.15) is 35.7 Å². The molecule has 0 spiro atoms. The predicted octanol–water partition coefficient (Wildman–Crippen LogP) is 3.54. The zero-order valence-corrected chi connectivity index (χ0v) is 18.5. The normalized spacial score (nSPS) is 20.5. The number of urea groups is 1. The zero-order valence-electron chi connectivity index (χ0n) is 17.7. The average molecular weight is 439 g/mol. The van der Waals surface area contributed by atoms with Gasteiger partial charge in [-0.2, -0.15) is 0 Å². The van der Waals surface area contributed by atoms with Gasteiger partial charge in [-0.3, -0.25) is 14.9 Å². The number of hydrogen-bond acceptors (Lipinski definition) is 5. The van der Waals surface area contributed by atoms with Gasteiger partial charge in [-0.15, -0.1) is 11.8 Å². The number of imide groups is 1. The number of nitrogens with one attached hydrogen (secondary N) is 3. The van der Waals surface area contributed by atoms with Crippen LogP contribution in [-0.4, -0.2) is 42.2 Å². The molecule has 2 aliphatic rings. The molecule has 2 fully saturated rings. The van der Waals surface area contributed by atoms with E-state index in [0.29, 0.717) is 11.3 Å². The fourth-order valence-corrected chi connectivity index (χ4v) is 4.97. The molecule has 2 aromatic carbocycles. The summed E-state index contributed by atoms with van der Waals surface area (Å²) >= 11 is 1.37. The Kier molecular flexibility index (Phi) is 5.91. The van der Waals surface area contributed by atoms with Crippen LogP contribution >= 0.6 is 11.8 Å². The summed E-state index contributed by atoms with van der Waals surface area (Å²) < 4.78 is 0. The summed E-state index contributed by atoms with van der Waals surface area (Å²) in [7, 11) is 0.